The summed E-state index contributed by atoms with van der Waals surface area (Å²) >= 11 is 0. The quantitative estimate of drug-likeness (QED) is 0.875. The molecule has 19 heavy (non-hydrogen) atoms. The first-order valence-electron chi connectivity index (χ1n) is 7.53. The van der Waals surface area contributed by atoms with E-state index in [0.29, 0.717) is 6.04 Å². The summed E-state index contributed by atoms with van der Waals surface area (Å²) < 4.78 is 14.2. The van der Waals surface area contributed by atoms with Gasteiger partial charge in [-0.3, -0.25) is 0 Å². The van der Waals surface area contributed by atoms with E-state index < -0.39 is 0 Å². The Balaban J connectivity index is 1.77. The average molecular weight is 262 g/mol. The number of hydrogen-bond donors (Lipinski definition) is 1. The molecule has 1 saturated carbocycles. The van der Waals surface area contributed by atoms with Gasteiger partial charge in [-0.15, -0.1) is 0 Å². The minimum atomic E-state index is -0.0631. The van der Waals surface area contributed by atoms with Crippen LogP contribution in [0.4, 0.5) is 10.1 Å². The zero-order valence-electron chi connectivity index (χ0n) is 11.7. The summed E-state index contributed by atoms with van der Waals surface area (Å²) in [5.74, 6) is 0.663. The molecule has 0 spiro atoms. The fraction of sp³-hybridized carbons (Fsp3) is 0.625. The molecule has 3 rings (SSSR count). The van der Waals surface area contributed by atoms with Gasteiger partial charge in [0.25, 0.3) is 0 Å². The molecule has 2 aliphatic rings. The minimum absolute atomic E-state index is 0.0631. The summed E-state index contributed by atoms with van der Waals surface area (Å²) in [7, 11) is 0. The zero-order valence-corrected chi connectivity index (χ0v) is 11.7. The lowest BCUT2D eigenvalue weighted by Crippen LogP contribution is -2.24. The Morgan fingerprint density at radius 3 is 2.84 bits per heavy atom. The maximum atomic E-state index is 14.2. The molecule has 1 unspecified atom stereocenters. The summed E-state index contributed by atoms with van der Waals surface area (Å²) in [5, 5.41) is 3.50. The lowest BCUT2D eigenvalue weighted by molar-refractivity contribution is 0.566. The van der Waals surface area contributed by atoms with Gasteiger partial charge < -0.3 is 10.2 Å². The highest BCUT2D eigenvalue weighted by molar-refractivity contribution is 5.55. The van der Waals surface area contributed by atoms with E-state index in [0.717, 1.165) is 36.8 Å². The van der Waals surface area contributed by atoms with Gasteiger partial charge in [0, 0.05) is 25.7 Å². The molecule has 1 aliphatic heterocycles. The predicted molar refractivity (Wildman–Crippen MR) is 76.9 cm³/mol. The summed E-state index contributed by atoms with van der Waals surface area (Å²) in [5.41, 5.74) is 1.95. The molecule has 1 aliphatic carbocycles. The summed E-state index contributed by atoms with van der Waals surface area (Å²) in [4.78, 5) is 2.24. The SMILES string of the molecule is CCC1CCN(c2c(F)cccc2CNC2CC2)C1. The number of hydrogen-bond acceptors (Lipinski definition) is 2. The Hall–Kier alpha value is -1.09. The number of para-hydroxylation sites is 1. The number of halogens is 1. The van der Waals surface area contributed by atoms with Crippen LogP contribution in [0.15, 0.2) is 18.2 Å². The predicted octanol–water partition coefficient (Wildman–Crippen LogP) is 3.31. The lowest BCUT2D eigenvalue weighted by Gasteiger charge is -2.23. The summed E-state index contributed by atoms with van der Waals surface area (Å²) in [6.45, 7) is 5.03. The molecule has 3 heteroatoms. The second-order valence-corrected chi connectivity index (χ2v) is 5.91. The highest BCUT2D eigenvalue weighted by Gasteiger charge is 2.26. The van der Waals surface area contributed by atoms with Crippen molar-refractivity contribution >= 4 is 5.69 Å². The van der Waals surface area contributed by atoms with Gasteiger partial charge in [-0.2, -0.15) is 0 Å². The molecule has 1 saturated heterocycles. The van der Waals surface area contributed by atoms with Crippen LogP contribution in [0.3, 0.4) is 0 Å². The van der Waals surface area contributed by atoms with Crippen LogP contribution in [0.5, 0.6) is 0 Å². The van der Waals surface area contributed by atoms with Crippen LogP contribution in [0.2, 0.25) is 0 Å². The molecule has 0 amide bonds. The molecule has 104 valence electrons. The summed E-state index contributed by atoms with van der Waals surface area (Å²) in [6, 6.07) is 6.15. The van der Waals surface area contributed by atoms with Crippen LogP contribution in [0, 0.1) is 11.7 Å². The smallest absolute Gasteiger partial charge is 0.146 e. The molecule has 1 aromatic carbocycles. The maximum absolute atomic E-state index is 14.2. The minimum Gasteiger partial charge on any atom is -0.369 e. The van der Waals surface area contributed by atoms with Crippen molar-refractivity contribution in [3.8, 4) is 0 Å². The van der Waals surface area contributed by atoms with E-state index in [4.69, 9.17) is 0 Å². The van der Waals surface area contributed by atoms with Gasteiger partial charge in [-0.25, -0.2) is 4.39 Å². The monoisotopic (exact) mass is 262 g/mol. The van der Waals surface area contributed by atoms with Crippen LogP contribution in [0.25, 0.3) is 0 Å². The first kappa shape index (κ1) is 12.9. The Morgan fingerprint density at radius 1 is 1.32 bits per heavy atom. The van der Waals surface area contributed by atoms with Gasteiger partial charge in [-0.1, -0.05) is 25.5 Å². The van der Waals surface area contributed by atoms with Gasteiger partial charge in [0.05, 0.1) is 5.69 Å². The van der Waals surface area contributed by atoms with Gasteiger partial charge in [0.15, 0.2) is 0 Å². The van der Waals surface area contributed by atoms with Crippen LogP contribution in [-0.2, 0) is 6.54 Å². The molecule has 1 heterocycles. The van der Waals surface area contributed by atoms with Crippen molar-refractivity contribution in [2.24, 2.45) is 5.92 Å². The van der Waals surface area contributed by atoms with E-state index in [1.807, 2.05) is 6.07 Å². The van der Waals surface area contributed by atoms with E-state index in [1.165, 1.54) is 25.7 Å². The molecule has 1 aromatic rings. The molecule has 2 nitrogen and oxygen atoms in total. The van der Waals surface area contributed by atoms with Crippen LogP contribution in [-0.4, -0.2) is 19.1 Å². The van der Waals surface area contributed by atoms with Crippen molar-refractivity contribution < 1.29 is 4.39 Å². The highest BCUT2D eigenvalue weighted by atomic mass is 19.1. The Bertz CT molecular complexity index is 442. The van der Waals surface area contributed by atoms with Crippen LogP contribution in [0.1, 0.15) is 38.2 Å². The normalized spacial score (nSPS) is 23.1. The number of nitrogens with one attached hydrogen (secondary N) is 1. The van der Waals surface area contributed by atoms with E-state index in [2.05, 4.69) is 23.2 Å². The summed E-state index contributed by atoms with van der Waals surface area (Å²) in [6.07, 6.45) is 4.93. The topological polar surface area (TPSA) is 15.3 Å². The zero-order chi connectivity index (χ0) is 13.2. The third-order valence-electron chi connectivity index (χ3n) is 4.41. The second-order valence-electron chi connectivity index (χ2n) is 5.91. The lowest BCUT2D eigenvalue weighted by atomic mass is 10.1. The maximum Gasteiger partial charge on any atom is 0.146 e. The van der Waals surface area contributed by atoms with E-state index in [9.17, 15) is 4.39 Å². The van der Waals surface area contributed by atoms with Crippen LogP contribution >= 0.6 is 0 Å². The van der Waals surface area contributed by atoms with Crippen molar-refractivity contribution in [3.05, 3.63) is 29.6 Å². The fourth-order valence-electron chi connectivity index (χ4n) is 2.97. The molecule has 2 fully saturated rings. The standard InChI is InChI=1S/C16H23FN2/c1-2-12-8-9-19(11-12)16-13(4-3-5-15(16)17)10-18-14-6-7-14/h3-5,12,14,18H,2,6-11H2,1H3. The number of rotatable bonds is 5. The van der Waals surface area contributed by atoms with Gasteiger partial charge in [-0.05, 0) is 36.8 Å². The fourth-order valence-corrected chi connectivity index (χ4v) is 2.97. The molecule has 1 N–H and O–H groups in total. The third kappa shape index (κ3) is 2.92. The number of anilines is 1. The van der Waals surface area contributed by atoms with E-state index in [-0.39, 0.29) is 5.82 Å². The van der Waals surface area contributed by atoms with Crippen molar-refractivity contribution in [3.63, 3.8) is 0 Å². The first-order chi connectivity index (χ1) is 9.28. The average Bonchev–Trinajstić information content (AvgIpc) is 3.13. The number of nitrogens with zero attached hydrogens (tertiary/aromatic N) is 1. The van der Waals surface area contributed by atoms with Crippen molar-refractivity contribution in [2.45, 2.75) is 45.2 Å². The Labute approximate surface area is 115 Å². The molecular weight excluding hydrogens is 239 g/mol. The van der Waals surface area contributed by atoms with Gasteiger partial charge >= 0.3 is 0 Å². The highest BCUT2D eigenvalue weighted by Crippen LogP contribution is 2.31. The van der Waals surface area contributed by atoms with Crippen molar-refractivity contribution in [1.82, 2.24) is 5.32 Å². The molecule has 0 aromatic heterocycles. The third-order valence-corrected chi connectivity index (χ3v) is 4.41. The van der Waals surface area contributed by atoms with Gasteiger partial charge in [0.2, 0.25) is 0 Å². The van der Waals surface area contributed by atoms with Crippen molar-refractivity contribution in [2.75, 3.05) is 18.0 Å². The van der Waals surface area contributed by atoms with E-state index >= 15 is 0 Å². The van der Waals surface area contributed by atoms with Crippen molar-refractivity contribution in [1.29, 1.82) is 0 Å². The molecular formula is C16H23FN2. The van der Waals surface area contributed by atoms with Crippen LogP contribution < -0.4 is 10.2 Å². The molecule has 0 radical (unpaired) electrons. The molecule has 1 atom stereocenters. The Kier molecular flexibility index (Phi) is 3.74. The molecule has 0 bridgehead atoms. The number of benzene rings is 1. The Morgan fingerprint density at radius 2 is 2.16 bits per heavy atom. The van der Waals surface area contributed by atoms with E-state index in [1.54, 1.807) is 6.07 Å². The first-order valence-corrected chi connectivity index (χ1v) is 7.53. The largest absolute Gasteiger partial charge is 0.369 e. The van der Waals surface area contributed by atoms with Gasteiger partial charge in [0.1, 0.15) is 5.82 Å². The second kappa shape index (κ2) is 5.49.